The van der Waals surface area contributed by atoms with Crippen LogP contribution in [0.3, 0.4) is 0 Å². The number of benzene rings is 2. The number of hydrogen-bond donors (Lipinski definition) is 1. The number of likely N-dealkylation sites (tertiary alicyclic amines) is 1. The number of amides is 2. The van der Waals surface area contributed by atoms with Gasteiger partial charge in [0, 0.05) is 42.6 Å². The van der Waals surface area contributed by atoms with E-state index >= 15 is 0 Å². The van der Waals surface area contributed by atoms with Gasteiger partial charge in [-0.05, 0) is 96.2 Å². The highest BCUT2D eigenvalue weighted by atomic mass is 35.5. The molecule has 1 spiro atoms. The number of nitrogens with one attached hydrogen (secondary N) is 1. The van der Waals surface area contributed by atoms with Gasteiger partial charge in [0.25, 0.3) is 11.8 Å². The van der Waals surface area contributed by atoms with Crippen LogP contribution in [-0.4, -0.2) is 41.3 Å². The Kier molecular flexibility index (Phi) is 5.64. The van der Waals surface area contributed by atoms with Gasteiger partial charge in [-0.15, -0.1) is 0 Å². The van der Waals surface area contributed by atoms with Crippen LogP contribution < -0.4 is 4.90 Å². The summed E-state index contributed by atoms with van der Waals surface area (Å²) in [5.41, 5.74) is 2.96. The van der Waals surface area contributed by atoms with Gasteiger partial charge in [0.1, 0.15) is 11.6 Å². The molecule has 9 heteroatoms. The van der Waals surface area contributed by atoms with Crippen LogP contribution in [0, 0.1) is 11.6 Å². The van der Waals surface area contributed by atoms with Crippen LogP contribution in [0.5, 0.6) is 0 Å². The van der Waals surface area contributed by atoms with Gasteiger partial charge in [0.15, 0.2) is 11.0 Å². The van der Waals surface area contributed by atoms with Crippen molar-refractivity contribution >= 4 is 29.1 Å². The van der Waals surface area contributed by atoms with E-state index in [0.29, 0.717) is 43.7 Å². The Morgan fingerprint density at radius 2 is 1.65 bits per heavy atom. The molecule has 2 aliphatic rings. The number of aromatic amines is 1. The number of carbonyl (C=O) groups excluding carboxylic acids is 2. The smallest absolute Gasteiger partial charge is 0.294 e. The molecule has 2 aromatic carbocycles. The summed E-state index contributed by atoms with van der Waals surface area (Å²) in [6, 6.07) is 15.3. The minimum atomic E-state index is -0.475. The lowest BCUT2D eigenvalue weighted by Crippen LogP contribution is -2.47. The van der Waals surface area contributed by atoms with Crippen LogP contribution in [0.2, 0.25) is 5.22 Å². The normalized spacial score (nSPS) is 16.3. The molecule has 2 amide bonds. The van der Waals surface area contributed by atoms with Crippen LogP contribution >= 0.6 is 11.6 Å². The number of H-pyrrole nitrogens is 1. The Bertz CT molecular complexity index is 1500. The molecule has 0 bridgehead atoms. The van der Waals surface area contributed by atoms with E-state index in [9.17, 15) is 18.4 Å². The highest BCUT2D eigenvalue weighted by Crippen LogP contribution is 2.48. The zero-order valence-corrected chi connectivity index (χ0v) is 20.4. The molecule has 1 N–H and O–H groups in total. The molecule has 188 valence electrons. The van der Waals surface area contributed by atoms with Gasteiger partial charge in [-0.25, -0.2) is 8.78 Å². The third-order valence-corrected chi connectivity index (χ3v) is 7.61. The number of fused-ring (bicyclic) bond motifs is 2. The molecule has 4 aromatic rings. The average molecular weight is 522 g/mol. The molecule has 0 saturated carbocycles. The Morgan fingerprint density at radius 1 is 0.919 bits per heavy atom. The molecular formula is C28H22ClF2N3O3. The highest BCUT2D eigenvalue weighted by molar-refractivity contribution is 6.29. The lowest BCUT2D eigenvalue weighted by Gasteiger charge is -2.39. The van der Waals surface area contributed by atoms with E-state index < -0.39 is 5.41 Å². The monoisotopic (exact) mass is 521 g/mol. The minimum Gasteiger partial charge on any atom is -0.440 e. The third-order valence-electron chi connectivity index (χ3n) is 7.40. The van der Waals surface area contributed by atoms with E-state index in [0.717, 1.165) is 16.8 Å². The van der Waals surface area contributed by atoms with E-state index in [2.05, 4.69) is 4.98 Å². The van der Waals surface area contributed by atoms with Crippen LogP contribution in [0.25, 0.3) is 11.3 Å². The van der Waals surface area contributed by atoms with E-state index in [4.69, 9.17) is 16.0 Å². The van der Waals surface area contributed by atoms with Crippen molar-refractivity contribution in [1.82, 2.24) is 9.88 Å². The van der Waals surface area contributed by atoms with Crippen LogP contribution in [0.4, 0.5) is 14.5 Å². The second-order valence-electron chi connectivity index (χ2n) is 9.54. The zero-order valence-electron chi connectivity index (χ0n) is 19.6. The summed E-state index contributed by atoms with van der Waals surface area (Å²) < 4.78 is 32.9. The Morgan fingerprint density at radius 3 is 2.35 bits per heavy atom. The standard InChI is InChI=1S/C28H22ClF2N3O3/c29-25-8-7-24(37-25)27(36)34-16-28(21-14-20(31)5-6-23(21)34)9-11-33(12-10-28)26(35)18-13-22(32-15-18)17-1-3-19(30)4-2-17/h1-8,13-15,32H,9-12,16H2. The van der Waals surface area contributed by atoms with Gasteiger partial charge in [-0.3, -0.25) is 9.59 Å². The van der Waals surface area contributed by atoms with E-state index in [-0.39, 0.29) is 34.4 Å². The van der Waals surface area contributed by atoms with Crippen LogP contribution in [0.1, 0.15) is 39.3 Å². The molecule has 1 saturated heterocycles. The molecule has 6 rings (SSSR count). The molecule has 0 radical (unpaired) electrons. The van der Waals surface area contributed by atoms with Crippen molar-refractivity contribution in [2.45, 2.75) is 18.3 Å². The fourth-order valence-electron chi connectivity index (χ4n) is 5.45. The number of aromatic nitrogens is 1. The topological polar surface area (TPSA) is 69.6 Å². The van der Waals surface area contributed by atoms with Gasteiger partial charge in [-0.2, -0.15) is 0 Å². The Balaban J connectivity index is 1.21. The number of rotatable bonds is 3. The van der Waals surface area contributed by atoms with Crippen molar-refractivity contribution in [3.8, 4) is 11.3 Å². The average Bonchev–Trinajstić information content (AvgIpc) is 3.63. The van der Waals surface area contributed by atoms with Gasteiger partial charge >= 0.3 is 0 Å². The van der Waals surface area contributed by atoms with E-state index in [1.807, 2.05) is 0 Å². The van der Waals surface area contributed by atoms with Crippen molar-refractivity contribution in [2.24, 2.45) is 0 Å². The zero-order chi connectivity index (χ0) is 25.7. The first-order chi connectivity index (χ1) is 17.8. The Hall–Kier alpha value is -3.91. The predicted molar refractivity (Wildman–Crippen MR) is 135 cm³/mol. The summed E-state index contributed by atoms with van der Waals surface area (Å²) in [7, 11) is 0. The number of hydrogen-bond acceptors (Lipinski definition) is 3. The number of halogens is 3. The fourth-order valence-corrected chi connectivity index (χ4v) is 5.59. The molecule has 2 aromatic heterocycles. The molecule has 2 aliphatic heterocycles. The molecular weight excluding hydrogens is 500 g/mol. The maximum atomic E-state index is 14.3. The van der Waals surface area contributed by atoms with Crippen LogP contribution in [0.15, 0.2) is 71.3 Å². The molecule has 0 aliphatic carbocycles. The van der Waals surface area contributed by atoms with Gasteiger partial charge in [0.05, 0.1) is 5.56 Å². The van der Waals surface area contributed by atoms with Gasteiger partial charge in [-0.1, -0.05) is 0 Å². The summed E-state index contributed by atoms with van der Waals surface area (Å²) in [4.78, 5) is 33.0. The van der Waals surface area contributed by atoms with Crippen molar-refractivity contribution in [1.29, 1.82) is 0 Å². The molecule has 37 heavy (non-hydrogen) atoms. The van der Waals surface area contributed by atoms with Crippen molar-refractivity contribution in [2.75, 3.05) is 24.5 Å². The largest absolute Gasteiger partial charge is 0.440 e. The van der Waals surface area contributed by atoms with Crippen LogP contribution in [-0.2, 0) is 5.41 Å². The van der Waals surface area contributed by atoms with Crippen molar-refractivity contribution in [3.63, 3.8) is 0 Å². The Labute approximate surface area is 216 Å². The van der Waals surface area contributed by atoms with E-state index in [1.54, 1.807) is 40.3 Å². The summed E-state index contributed by atoms with van der Waals surface area (Å²) in [6.45, 7) is 1.28. The summed E-state index contributed by atoms with van der Waals surface area (Å²) in [5.74, 6) is -1.02. The van der Waals surface area contributed by atoms with Gasteiger partial charge in [0.2, 0.25) is 0 Å². The fraction of sp³-hybridized carbons (Fsp3) is 0.214. The number of anilines is 1. The lowest BCUT2D eigenvalue weighted by molar-refractivity contribution is 0.0670. The second-order valence-corrected chi connectivity index (χ2v) is 9.91. The third kappa shape index (κ3) is 4.11. The molecule has 1 fully saturated rings. The van der Waals surface area contributed by atoms with Crippen molar-refractivity contribution < 1.29 is 22.8 Å². The maximum absolute atomic E-state index is 14.3. The number of nitrogens with zero attached hydrogens (tertiary/aromatic N) is 2. The SMILES string of the molecule is O=C(c1c[nH]c(-c2ccc(F)cc2)c1)N1CCC2(CC1)CN(C(=O)c1ccc(Cl)o1)c1ccc(F)cc12. The van der Waals surface area contributed by atoms with Gasteiger partial charge < -0.3 is 19.2 Å². The summed E-state index contributed by atoms with van der Waals surface area (Å²) >= 11 is 5.87. The molecule has 0 unspecified atom stereocenters. The summed E-state index contributed by atoms with van der Waals surface area (Å²) in [6.07, 6.45) is 2.81. The summed E-state index contributed by atoms with van der Waals surface area (Å²) in [5, 5.41) is 0.121. The van der Waals surface area contributed by atoms with Crippen molar-refractivity contribution in [3.05, 3.63) is 101 Å². The predicted octanol–water partition coefficient (Wildman–Crippen LogP) is 6.04. The quantitative estimate of drug-likeness (QED) is 0.357. The second kappa shape index (κ2) is 8.88. The molecule has 6 nitrogen and oxygen atoms in total. The first kappa shape index (κ1) is 23.5. The number of piperidine rings is 1. The maximum Gasteiger partial charge on any atom is 0.294 e. The number of furan rings is 1. The highest BCUT2D eigenvalue weighted by Gasteiger charge is 2.47. The molecule has 4 heterocycles. The number of carbonyl (C=O) groups is 2. The van der Waals surface area contributed by atoms with E-state index in [1.165, 1.54) is 36.4 Å². The first-order valence-corrected chi connectivity index (χ1v) is 12.3. The lowest BCUT2D eigenvalue weighted by atomic mass is 9.74. The first-order valence-electron chi connectivity index (χ1n) is 11.9. The minimum absolute atomic E-state index is 0.116. The molecule has 0 atom stereocenters.